The van der Waals surface area contributed by atoms with Gasteiger partial charge in [0.05, 0.1) is 5.69 Å². The lowest BCUT2D eigenvalue weighted by Crippen LogP contribution is -2.01. The van der Waals surface area contributed by atoms with Crippen molar-refractivity contribution in [2.75, 3.05) is 0 Å². The molecule has 2 heterocycles. The van der Waals surface area contributed by atoms with Gasteiger partial charge < -0.3 is 5.73 Å². The first-order chi connectivity index (χ1) is 8.81. The molecule has 3 aromatic rings. The Labute approximate surface area is 109 Å². The van der Waals surface area contributed by atoms with E-state index < -0.39 is 0 Å². The van der Waals surface area contributed by atoms with E-state index in [1.165, 1.54) is 5.56 Å². The maximum Gasteiger partial charge on any atom is 0.212 e. The summed E-state index contributed by atoms with van der Waals surface area (Å²) in [5.41, 5.74) is 9.03. The van der Waals surface area contributed by atoms with Gasteiger partial charge >= 0.3 is 0 Å². The molecule has 18 heavy (non-hydrogen) atoms. The van der Waals surface area contributed by atoms with Gasteiger partial charge in [0.2, 0.25) is 4.96 Å². The fraction of sp³-hybridized carbons (Fsp3) is 0.231. The number of rotatable bonds is 3. The van der Waals surface area contributed by atoms with Crippen LogP contribution < -0.4 is 5.73 Å². The molecule has 0 saturated heterocycles. The van der Waals surface area contributed by atoms with Gasteiger partial charge in [-0.2, -0.15) is 4.98 Å². The standard InChI is InChI=1S/C13H14N4S/c1-2-9-3-5-10(6-4-9)12-15-13-17(16-12)11(7-14)8-18-13/h3-6,8H,2,7,14H2,1H3. The molecule has 1 aromatic carbocycles. The molecule has 2 N–H and O–H groups in total. The molecule has 0 unspecified atom stereocenters. The Hall–Kier alpha value is -1.72. The Balaban J connectivity index is 2.04. The molecule has 0 bridgehead atoms. The van der Waals surface area contributed by atoms with E-state index in [4.69, 9.17) is 5.73 Å². The largest absolute Gasteiger partial charge is 0.325 e. The van der Waals surface area contributed by atoms with Crippen LogP contribution in [-0.2, 0) is 13.0 Å². The summed E-state index contributed by atoms with van der Waals surface area (Å²) in [4.78, 5) is 5.42. The van der Waals surface area contributed by atoms with Crippen molar-refractivity contribution in [2.45, 2.75) is 19.9 Å². The molecule has 5 heteroatoms. The lowest BCUT2D eigenvalue weighted by atomic mass is 10.1. The second kappa shape index (κ2) is 4.51. The van der Waals surface area contributed by atoms with Gasteiger partial charge in [0.25, 0.3) is 0 Å². The molecule has 0 atom stereocenters. The van der Waals surface area contributed by atoms with E-state index in [1.807, 2.05) is 9.90 Å². The average Bonchev–Trinajstić information content (AvgIpc) is 2.98. The topological polar surface area (TPSA) is 56.2 Å². The number of thiazole rings is 1. The number of hydrogen-bond donors (Lipinski definition) is 1. The second-order valence-corrected chi connectivity index (χ2v) is 4.95. The van der Waals surface area contributed by atoms with Gasteiger partial charge in [0, 0.05) is 17.5 Å². The third-order valence-electron chi connectivity index (χ3n) is 2.98. The lowest BCUT2D eigenvalue weighted by Gasteiger charge is -1.98. The van der Waals surface area contributed by atoms with Gasteiger partial charge in [-0.25, -0.2) is 4.52 Å². The molecule has 0 saturated carbocycles. The number of benzene rings is 1. The third-order valence-corrected chi connectivity index (χ3v) is 3.84. The van der Waals surface area contributed by atoms with Crippen LogP contribution >= 0.6 is 11.3 Å². The van der Waals surface area contributed by atoms with Gasteiger partial charge in [-0.15, -0.1) is 16.4 Å². The van der Waals surface area contributed by atoms with Crippen molar-refractivity contribution in [1.29, 1.82) is 0 Å². The molecule has 0 aliphatic heterocycles. The minimum absolute atomic E-state index is 0.484. The maximum atomic E-state index is 5.66. The van der Waals surface area contributed by atoms with Gasteiger partial charge in [0.15, 0.2) is 5.82 Å². The molecule has 0 spiro atoms. The van der Waals surface area contributed by atoms with Crippen molar-refractivity contribution in [3.8, 4) is 11.4 Å². The molecule has 0 aliphatic carbocycles. The highest BCUT2D eigenvalue weighted by Crippen LogP contribution is 2.21. The van der Waals surface area contributed by atoms with E-state index in [0.717, 1.165) is 28.5 Å². The molecule has 2 aromatic heterocycles. The second-order valence-electron chi connectivity index (χ2n) is 4.11. The summed E-state index contributed by atoms with van der Waals surface area (Å²) in [7, 11) is 0. The monoisotopic (exact) mass is 258 g/mol. The van der Waals surface area contributed by atoms with Gasteiger partial charge in [-0.3, -0.25) is 0 Å². The smallest absolute Gasteiger partial charge is 0.212 e. The average molecular weight is 258 g/mol. The van der Waals surface area contributed by atoms with Crippen LogP contribution in [0.25, 0.3) is 16.3 Å². The molecule has 0 amide bonds. The molecule has 3 rings (SSSR count). The predicted octanol–water partition coefficient (Wildman–Crippen LogP) is 2.48. The summed E-state index contributed by atoms with van der Waals surface area (Å²) < 4.78 is 1.83. The first-order valence-electron chi connectivity index (χ1n) is 5.94. The number of aromatic nitrogens is 3. The summed E-state index contributed by atoms with van der Waals surface area (Å²) in [5.74, 6) is 0.763. The molecule has 92 valence electrons. The van der Waals surface area contributed by atoms with E-state index in [1.54, 1.807) is 11.3 Å². The first kappa shape index (κ1) is 11.4. The van der Waals surface area contributed by atoms with Crippen LogP contribution in [0.1, 0.15) is 18.2 Å². The van der Waals surface area contributed by atoms with Crippen molar-refractivity contribution in [1.82, 2.24) is 14.6 Å². The number of nitrogens with two attached hydrogens (primary N) is 1. The van der Waals surface area contributed by atoms with E-state index in [-0.39, 0.29) is 0 Å². The molecular weight excluding hydrogens is 244 g/mol. The Bertz CT molecular complexity index is 666. The maximum absolute atomic E-state index is 5.66. The Morgan fingerprint density at radius 1 is 1.28 bits per heavy atom. The number of fused-ring (bicyclic) bond motifs is 1. The first-order valence-corrected chi connectivity index (χ1v) is 6.82. The summed E-state index contributed by atoms with van der Waals surface area (Å²) in [6.45, 7) is 2.63. The van der Waals surface area contributed by atoms with E-state index >= 15 is 0 Å². The van der Waals surface area contributed by atoms with Crippen LogP contribution in [0.2, 0.25) is 0 Å². The fourth-order valence-corrected chi connectivity index (χ4v) is 2.71. The molecule has 4 nitrogen and oxygen atoms in total. The fourth-order valence-electron chi connectivity index (χ4n) is 1.88. The predicted molar refractivity (Wildman–Crippen MR) is 73.6 cm³/mol. The van der Waals surface area contributed by atoms with Crippen molar-refractivity contribution in [3.63, 3.8) is 0 Å². The van der Waals surface area contributed by atoms with E-state index in [9.17, 15) is 0 Å². The summed E-state index contributed by atoms with van der Waals surface area (Å²) in [6.07, 6.45) is 1.04. The Morgan fingerprint density at radius 3 is 2.72 bits per heavy atom. The molecule has 0 aliphatic rings. The molecule has 0 radical (unpaired) electrons. The van der Waals surface area contributed by atoms with Crippen LogP contribution in [0.4, 0.5) is 0 Å². The van der Waals surface area contributed by atoms with Crippen LogP contribution in [0.5, 0.6) is 0 Å². The van der Waals surface area contributed by atoms with Gasteiger partial charge in [-0.05, 0) is 12.0 Å². The summed E-state index contributed by atoms with van der Waals surface area (Å²) in [5, 5.41) is 6.50. The van der Waals surface area contributed by atoms with Crippen LogP contribution in [0.3, 0.4) is 0 Å². The zero-order valence-electron chi connectivity index (χ0n) is 10.1. The lowest BCUT2D eigenvalue weighted by molar-refractivity contribution is 0.868. The quantitative estimate of drug-likeness (QED) is 0.785. The van der Waals surface area contributed by atoms with Crippen LogP contribution in [0, 0.1) is 0 Å². The van der Waals surface area contributed by atoms with E-state index in [2.05, 4.69) is 41.3 Å². The number of nitrogens with zero attached hydrogens (tertiary/aromatic N) is 3. The normalized spacial score (nSPS) is 11.2. The molecule has 0 fully saturated rings. The van der Waals surface area contributed by atoms with Crippen molar-refractivity contribution in [2.24, 2.45) is 5.73 Å². The van der Waals surface area contributed by atoms with Gasteiger partial charge in [0.1, 0.15) is 0 Å². The minimum atomic E-state index is 0.484. The Kier molecular flexibility index (Phi) is 2.85. The zero-order chi connectivity index (χ0) is 12.5. The Morgan fingerprint density at radius 2 is 2.06 bits per heavy atom. The highest BCUT2D eigenvalue weighted by atomic mass is 32.1. The summed E-state index contributed by atoms with van der Waals surface area (Å²) in [6, 6.07) is 8.38. The van der Waals surface area contributed by atoms with E-state index in [0.29, 0.717) is 6.54 Å². The SMILES string of the molecule is CCc1ccc(-c2nc3scc(CN)n3n2)cc1. The van der Waals surface area contributed by atoms with Crippen molar-refractivity contribution in [3.05, 3.63) is 40.9 Å². The van der Waals surface area contributed by atoms with Crippen molar-refractivity contribution >= 4 is 16.3 Å². The van der Waals surface area contributed by atoms with Crippen molar-refractivity contribution < 1.29 is 0 Å². The zero-order valence-corrected chi connectivity index (χ0v) is 10.9. The number of hydrogen-bond acceptors (Lipinski definition) is 4. The number of aryl methyl sites for hydroxylation is 1. The van der Waals surface area contributed by atoms with Crippen LogP contribution in [-0.4, -0.2) is 14.6 Å². The minimum Gasteiger partial charge on any atom is -0.325 e. The van der Waals surface area contributed by atoms with Gasteiger partial charge in [-0.1, -0.05) is 31.2 Å². The third kappa shape index (κ3) is 1.81. The van der Waals surface area contributed by atoms with Crippen LogP contribution in [0.15, 0.2) is 29.6 Å². The highest BCUT2D eigenvalue weighted by molar-refractivity contribution is 7.15. The molecular formula is C13H14N4S. The highest BCUT2D eigenvalue weighted by Gasteiger charge is 2.10. The summed E-state index contributed by atoms with van der Waals surface area (Å²) >= 11 is 1.57.